The highest BCUT2D eigenvalue weighted by molar-refractivity contribution is 7.80. The molecule has 0 saturated heterocycles. The van der Waals surface area contributed by atoms with Crippen molar-refractivity contribution in [1.82, 2.24) is 30.1 Å². The van der Waals surface area contributed by atoms with E-state index in [1.807, 2.05) is 106 Å². The summed E-state index contributed by atoms with van der Waals surface area (Å²) in [6.45, 7) is 4.69. The Labute approximate surface area is 581 Å². The van der Waals surface area contributed by atoms with Crippen molar-refractivity contribution in [3.8, 4) is 69.4 Å². The predicted molar refractivity (Wildman–Crippen MR) is 372 cm³/mol. The zero-order valence-electron chi connectivity index (χ0n) is 54.6. The van der Waals surface area contributed by atoms with Crippen LogP contribution in [-0.2, 0) is 70.5 Å². The van der Waals surface area contributed by atoms with Crippen molar-refractivity contribution in [2.24, 2.45) is 0 Å². The minimum atomic E-state index is -1.35. The minimum Gasteiger partial charge on any atom is -0.481 e. The SMILES string of the molecule is CCCNC(=S)Nc1ccc(C#Cc2cc(CN(CC(=O)O)Cc3cc(C#Cc4ccc5c(c4)C(CC)(CC(=O)O)c4ccccc4-5)cc(OC=O)n3)nc(CN(COC=O)Cc3cc(C#Cc4ccc5c(c4)C(CC)(CC(=O)O)c4ccccc4-5)cc(C(=O)O)n3)c2)c(OCC(=O)O)c1. The number of hydrogen-bond acceptors (Lipinski definition) is 16. The maximum absolute atomic E-state index is 12.8. The second-order valence-corrected chi connectivity index (χ2v) is 24.3. The van der Waals surface area contributed by atoms with Crippen LogP contribution in [0.15, 0.2) is 140 Å². The Kier molecular flexibility index (Phi) is 22.5. The lowest BCUT2D eigenvalue weighted by molar-refractivity contribution is -0.140. The van der Waals surface area contributed by atoms with Gasteiger partial charge in [-0.1, -0.05) is 117 Å². The number of hydrogen-bond donors (Lipinski definition) is 7. The first kappa shape index (κ1) is 70.7. The topological polar surface area (TPSA) is 318 Å². The molecule has 0 radical (unpaired) electrons. The van der Waals surface area contributed by atoms with E-state index in [4.69, 9.17) is 31.4 Å². The molecule has 23 heteroatoms. The fraction of sp³-hybridized carbons (Fsp3) is 0.234. The second-order valence-electron chi connectivity index (χ2n) is 23.8. The molecule has 0 saturated carbocycles. The molecule has 2 unspecified atom stereocenters. The molecule has 3 aromatic heterocycles. The van der Waals surface area contributed by atoms with Gasteiger partial charge in [-0.3, -0.25) is 38.8 Å². The molecule has 2 aliphatic carbocycles. The van der Waals surface area contributed by atoms with E-state index in [-0.39, 0.29) is 104 Å². The highest BCUT2D eigenvalue weighted by atomic mass is 32.1. The number of thiocarbonyl (C=S) groups is 1. The Morgan fingerprint density at radius 3 is 1.56 bits per heavy atom. The van der Waals surface area contributed by atoms with Crippen LogP contribution in [0.3, 0.4) is 0 Å². The van der Waals surface area contributed by atoms with Gasteiger partial charge in [0.1, 0.15) is 18.2 Å². The van der Waals surface area contributed by atoms with Crippen LogP contribution in [0.4, 0.5) is 5.69 Å². The number of ether oxygens (including phenoxy) is 3. The molecule has 0 fully saturated rings. The lowest BCUT2D eigenvalue weighted by Crippen LogP contribution is -2.30. The quantitative estimate of drug-likeness (QED) is 0.0104. The van der Waals surface area contributed by atoms with E-state index >= 15 is 0 Å². The first-order valence-corrected chi connectivity index (χ1v) is 32.2. The second kappa shape index (κ2) is 31.9. The van der Waals surface area contributed by atoms with Crippen molar-refractivity contribution in [3.63, 3.8) is 0 Å². The van der Waals surface area contributed by atoms with Crippen molar-refractivity contribution >= 4 is 65.8 Å². The normalized spacial score (nSPS) is 14.2. The lowest BCUT2D eigenvalue weighted by Gasteiger charge is -2.29. The zero-order chi connectivity index (χ0) is 71.1. The Morgan fingerprint density at radius 1 is 0.530 bits per heavy atom. The summed E-state index contributed by atoms with van der Waals surface area (Å²) in [5.74, 6) is 13.0. The third-order valence-electron chi connectivity index (χ3n) is 17.1. The van der Waals surface area contributed by atoms with Crippen LogP contribution in [0, 0.1) is 35.5 Å². The van der Waals surface area contributed by atoms with Crippen LogP contribution in [-0.4, -0.2) is 125 Å². The summed E-state index contributed by atoms with van der Waals surface area (Å²) in [6.07, 6.45) is 1.55. The number of aliphatic carboxylic acids is 4. The number of fused-ring (bicyclic) bond motifs is 6. The number of carbonyl (C=O) groups excluding carboxylic acids is 2. The maximum atomic E-state index is 12.8. The Bertz CT molecular complexity index is 4770. The molecular formula is C77H67N7O15S. The molecule has 5 aromatic carbocycles. The van der Waals surface area contributed by atoms with Gasteiger partial charge in [0.15, 0.2) is 11.7 Å². The zero-order valence-corrected chi connectivity index (χ0v) is 55.4. The van der Waals surface area contributed by atoms with E-state index in [9.17, 15) is 59.1 Å². The summed E-state index contributed by atoms with van der Waals surface area (Å²) in [5.41, 5.74) is 9.11. The summed E-state index contributed by atoms with van der Waals surface area (Å²) in [6, 6.07) is 40.8. The van der Waals surface area contributed by atoms with E-state index < -0.39 is 53.8 Å². The predicted octanol–water partition coefficient (Wildman–Crippen LogP) is 9.99. The Balaban J connectivity index is 0.994. The molecule has 7 N–H and O–H groups in total. The fourth-order valence-electron chi connectivity index (χ4n) is 12.9. The van der Waals surface area contributed by atoms with Crippen LogP contribution in [0.5, 0.6) is 11.6 Å². The highest BCUT2D eigenvalue weighted by Gasteiger charge is 2.45. The van der Waals surface area contributed by atoms with Crippen LogP contribution in [0.2, 0.25) is 0 Å². The smallest absolute Gasteiger partial charge is 0.354 e. The average molecular weight is 1360 g/mol. The maximum Gasteiger partial charge on any atom is 0.354 e. The molecule has 0 amide bonds. The first-order valence-electron chi connectivity index (χ1n) is 31.8. The van der Waals surface area contributed by atoms with Gasteiger partial charge in [-0.2, -0.15) is 0 Å². The summed E-state index contributed by atoms with van der Waals surface area (Å²) >= 11 is 5.44. The summed E-state index contributed by atoms with van der Waals surface area (Å²) in [5, 5.41) is 57.1. The van der Waals surface area contributed by atoms with Crippen molar-refractivity contribution in [1.29, 1.82) is 0 Å². The van der Waals surface area contributed by atoms with Gasteiger partial charge in [-0.15, -0.1) is 0 Å². The molecule has 22 nitrogen and oxygen atoms in total. The lowest BCUT2D eigenvalue weighted by atomic mass is 9.73. The van der Waals surface area contributed by atoms with E-state index in [1.165, 1.54) is 17.0 Å². The van der Waals surface area contributed by atoms with Gasteiger partial charge in [-0.25, -0.2) is 19.6 Å². The number of nitrogens with one attached hydrogen (secondary N) is 2. The summed E-state index contributed by atoms with van der Waals surface area (Å²) in [4.78, 5) is 103. The molecule has 2 aliphatic rings. The molecule has 2 atom stereocenters. The Morgan fingerprint density at radius 2 is 1.04 bits per heavy atom. The fourth-order valence-corrected chi connectivity index (χ4v) is 13.1. The summed E-state index contributed by atoms with van der Waals surface area (Å²) in [7, 11) is 0. The number of nitrogens with zero attached hydrogens (tertiary/aromatic N) is 5. The standard InChI is InChI=1S/C77H67N7O15S/c1-4-27-78-75(100)82-54-24-23-53(68(36-54)98-44-73(93)94)22-19-50-28-55(39-83(43-72(91)92)40-58-31-52(35-69(81-58)99-47-86)18-16-49-21-26-62-60-12-8-10-14-64(60)77(6-3,38-71(89)90)66(62)33-49)79-56(29-50)41-84(45-97-46-85)42-57-30-51(34-67(80-57)74(95)96)17-15-48-20-25-61-59-11-7-9-13-63(59)76(5-2,37-70(87)88)65(61)32-48/h7-14,20-21,23-26,28-36,46-47H,4-6,27,37-45H2,1-3H3,(H,87,88)(H,89,90)(H,91,92)(H,93,94)(H,95,96)(H2,78,82,100). The van der Waals surface area contributed by atoms with Gasteiger partial charge in [0.2, 0.25) is 5.88 Å². The molecule has 0 bridgehead atoms. The van der Waals surface area contributed by atoms with Crippen LogP contribution < -0.4 is 20.1 Å². The average Bonchev–Trinajstić information content (AvgIpc) is 1.58. The third-order valence-corrected chi connectivity index (χ3v) is 17.3. The Hall–Kier alpha value is -12.1. The van der Waals surface area contributed by atoms with Gasteiger partial charge in [0, 0.05) is 89.2 Å². The van der Waals surface area contributed by atoms with Crippen molar-refractivity contribution in [2.75, 3.05) is 31.7 Å². The van der Waals surface area contributed by atoms with Crippen LogP contribution in [0.1, 0.15) is 142 Å². The van der Waals surface area contributed by atoms with Crippen molar-refractivity contribution < 1.29 is 73.3 Å². The molecule has 506 valence electrons. The molecule has 0 spiro atoms. The number of aromatic nitrogens is 3. The molecular weight excluding hydrogens is 1290 g/mol. The molecule has 100 heavy (non-hydrogen) atoms. The van der Waals surface area contributed by atoms with Crippen LogP contribution in [0.25, 0.3) is 22.3 Å². The number of carbonyl (C=O) groups is 7. The third kappa shape index (κ3) is 16.8. The number of benzene rings is 5. The van der Waals surface area contributed by atoms with Crippen molar-refractivity contribution in [3.05, 3.63) is 224 Å². The summed E-state index contributed by atoms with van der Waals surface area (Å²) < 4.78 is 16.3. The van der Waals surface area contributed by atoms with E-state index in [0.29, 0.717) is 58.1 Å². The van der Waals surface area contributed by atoms with Gasteiger partial charge < -0.3 is 50.4 Å². The number of carboxylic acid groups (broad SMARTS) is 5. The number of rotatable bonds is 28. The van der Waals surface area contributed by atoms with Crippen molar-refractivity contribution in [2.45, 2.75) is 89.9 Å². The van der Waals surface area contributed by atoms with Gasteiger partial charge >= 0.3 is 29.8 Å². The number of anilines is 1. The van der Waals surface area contributed by atoms with Gasteiger partial charge in [-0.05, 0) is 143 Å². The van der Waals surface area contributed by atoms with Gasteiger partial charge in [0.25, 0.3) is 12.9 Å². The number of carboxylic acids is 5. The molecule has 3 heterocycles. The first-order chi connectivity index (χ1) is 48.2. The van der Waals surface area contributed by atoms with E-state index in [2.05, 4.69) is 56.1 Å². The largest absolute Gasteiger partial charge is 0.481 e. The van der Waals surface area contributed by atoms with E-state index in [1.54, 1.807) is 47.4 Å². The van der Waals surface area contributed by atoms with Gasteiger partial charge in [0.05, 0.1) is 47.7 Å². The monoisotopic (exact) mass is 1360 g/mol. The molecule has 8 aromatic rings. The molecule has 0 aliphatic heterocycles. The highest BCUT2D eigenvalue weighted by Crippen LogP contribution is 2.54. The van der Waals surface area contributed by atoms with E-state index in [0.717, 1.165) is 50.9 Å². The number of aromatic carboxylic acids is 1. The molecule has 10 rings (SSSR count). The number of pyridine rings is 3. The van der Waals surface area contributed by atoms with Crippen LogP contribution >= 0.6 is 12.2 Å². The minimum absolute atomic E-state index is 0.107.